The minimum atomic E-state index is -0.00769. The smallest absolute Gasteiger partial charge is 0.224 e. The van der Waals surface area contributed by atoms with E-state index in [2.05, 4.69) is 29.8 Å². The number of fused-ring (bicyclic) bond motifs is 2. The van der Waals surface area contributed by atoms with E-state index in [0.717, 1.165) is 40.3 Å². The van der Waals surface area contributed by atoms with Crippen molar-refractivity contribution < 1.29 is 14.3 Å². The Labute approximate surface area is 170 Å². The zero-order chi connectivity index (χ0) is 20.2. The molecule has 2 aromatic carbocycles. The number of ether oxygens (including phenoxy) is 2. The summed E-state index contributed by atoms with van der Waals surface area (Å²) in [6.45, 7) is 6.16. The molecule has 0 fully saturated rings. The van der Waals surface area contributed by atoms with Gasteiger partial charge in [0.1, 0.15) is 5.82 Å². The lowest BCUT2D eigenvalue weighted by molar-refractivity contribution is -0.120. The minimum absolute atomic E-state index is 0.00769. The summed E-state index contributed by atoms with van der Waals surface area (Å²) >= 11 is 0. The molecule has 0 unspecified atom stereocenters. The van der Waals surface area contributed by atoms with E-state index < -0.39 is 0 Å². The van der Waals surface area contributed by atoms with Crippen LogP contribution in [0.5, 0.6) is 11.5 Å². The molecule has 2 heterocycles. The lowest BCUT2D eigenvalue weighted by atomic mass is 10.1. The standard InChI is InChI=1S/C23H27N3O3/c1-16(2)26-19-7-4-3-6-18(19)25-22(26)10-11-24-23(27)15-17-8-9-20-21(14-17)29-13-5-12-28-20/h3-4,6-9,14,16H,5,10-13,15H2,1-2H3,(H,24,27). The fourth-order valence-corrected chi connectivity index (χ4v) is 3.73. The number of hydrogen-bond acceptors (Lipinski definition) is 4. The summed E-state index contributed by atoms with van der Waals surface area (Å²) in [4.78, 5) is 17.2. The Morgan fingerprint density at radius 1 is 1.14 bits per heavy atom. The molecule has 3 aromatic rings. The molecular formula is C23H27N3O3. The van der Waals surface area contributed by atoms with Crippen molar-refractivity contribution in [1.82, 2.24) is 14.9 Å². The van der Waals surface area contributed by atoms with Crippen molar-refractivity contribution in [3.05, 3.63) is 53.9 Å². The van der Waals surface area contributed by atoms with Gasteiger partial charge in [-0.2, -0.15) is 0 Å². The van der Waals surface area contributed by atoms with Crippen molar-refractivity contribution >= 4 is 16.9 Å². The predicted octanol–water partition coefficient (Wildman–Crippen LogP) is 3.68. The van der Waals surface area contributed by atoms with Crippen molar-refractivity contribution in [2.75, 3.05) is 19.8 Å². The summed E-state index contributed by atoms with van der Waals surface area (Å²) in [6, 6.07) is 14.2. The first-order valence-corrected chi connectivity index (χ1v) is 10.2. The van der Waals surface area contributed by atoms with Gasteiger partial charge in [0.05, 0.1) is 30.7 Å². The second-order valence-electron chi connectivity index (χ2n) is 7.59. The topological polar surface area (TPSA) is 65.4 Å². The van der Waals surface area contributed by atoms with E-state index in [9.17, 15) is 4.79 Å². The Balaban J connectivity index is 1.37. The third-order valence-electron chi connectivity index (χ3n) is 5.03. The molecule has 1 aromatic heterocycles. The number of aromatic nitrogens is 2. The maximum Gasteiger partial charge on any atom is 0.224 e. The normalized spacial score (nSPS) is 13.5. The number of benzene rings is 2. The van der Waals surface area contributed by atoms with E-state index in [1.54, 1.807) is 0 Å². The van der Waals surface area contributed by atoms with Crippen LogP contribution in [0.2, 0.25) is 0 Å². The predicted molar refractivity (Wildman–Crippen MR) is 113 cm³/mol. The van der Waals surface area contributed by atoms with E-state index in [0.29, 0.717) is 38.6 Å². The molecule has 4 rings (SSSR count). The van der Waals surface area contributed by atoms with Crippen LogP contribution in [-0.2, 0) is 17.6 Å². The van der Waals surface area contributed by atoms with Gasteiger partial charge in [0, 0.05) is 25.4 Å². The first-order valence-electron chi connectivity index (χ1n) is 10.2. The van der Waals surface area contributed by atoms with Crippen LogP contribution in [-0.4, -0.2) is 35.2 Å². The summed E-state index contributed by atoms with van der Waals surface area (Å²) in [6.07, 6.45) is 1.88. The van der Waals surface area contributed by atoms with Gasteiger partial charge in [-0.25, -0.2) is 4.98 Å². The van der Waals surface area contributed by atoms with E-state index in [1.807, 2.05) is 36.4 Å². The van der Waals surface area contributed by atoms with Gasteiger partial charge in [-0.05, 0) is 43.7 Å². The van der Waals surface area contributed by atoms with E-state index >= 15 is 0 Å². The molecule has 0 saturated carbocycles. The van der Waals surface area contributed by atoms with Crippen LogP contribution < -0.4 is 14.8 Å². The molecule has 0 spiro atoms. The number of nitrogens with zero attached hydrogens (tertiary/aromatic N) is 2. The zero-order valence-electron chi connectivity index (χ0n) is 17.0. The largest absolute Gasteiger partial charge is 0.490 e. The number of imidazole rings is 1. The lowest BCUT2D eigenvalue weighted by Crippen LogP contribution is -2.28. The molecule has 0 aliphatic carbocycles. The van der Waals surface area contributed by atoms with Crippen LogP contribution in [0.1, 0.15) is 37.7 Å². The Morgan fingerprint density at radius 2 is 1.93 bits per heavy atom. The molecule has 6 heteroatoms. The van der Waals surface area contributed by atoms with Crippen molar-refractivity contribution in [3.63, 3.8) is 0 Å². The molecule has 1 N–H and O–H groups in total. The van der Waals surface area contributed by atoms with Gasteiger partial charge in [-0.15, -0.1) is 0 Å². The molecule has 29 heavy (non-hydrogen) atoms. The number of para-hydroxylation sites is 2. The molecule has 152 valence electrons. The van der Waals surface area contributed by atoms with Gasteiger partial charge in [0.2, 0.25) is 5.91 Å². The fourth-order valence-electron chi connectivity index (χ4n) is 3.73. The Bertz CT molecular complexity index is 1010. The van der Waals surface area contributed by atoms with Gasteiger partial charge in [0.25, 0.3) is 0 Å². The number of amides is 1. The van der Waals surface area contributed by atoms with Crippen molar-refractivity contribution in [3.8, 4) is 11.5 Å². The molecule has 0 bridgehead atoms. The fraction of sp³-hybridized carbons (Fsp3) is 0.391. The summed E-state index contributed by atoms with van der Waals surface area (Å²) in [5.41, 5.74) is 3.05. The third kappa shape index (κ3) is 4.36. The molecule has 1 amide bonds. The molecule has 0 atom stereocenters. The summed E-state index contributed by atoms with van der Waals surface area (Å²) < 4.78 is 13.6. The summed E-state index contributed by atoms with van der Waals surface area (Å²) in [7, 11) is 0. The van der Waals surface area contributed by atoms with Crippen LogP contribution in [0.4, 0.5) is 0 Å². The Morgan fingerprint density at radius 3 is 2.76 bits per heavy atom. The SMILES string of the molecule is CC(C)n1c(CCNC(=O)Cc2ccc3c(c2)OCCCO3)nc2ccccc21. The number of carbonyl (C=O) groups excluding carboxylic acids is 1. The summed E-state index contributed by atoms with van der Waals surface area (Å²) in [5, 5.41) is 3.02. The maximum atomic E-state index is 12.4. The molecule has 1 aliphatic heterocycles. The van der Waals surface area contributed by atoms with Crippen LogP contribution in [0.3, 0.4) is 0 Å². The quantitative estimate of drug-likeness (QED) is 0.694. The number of hydrogen-bond donors (Lipinski definition) is 1. The van der Waals surface area contributed by atoms with Crippen molar-refractivity contribution in [1.29, 1.82) is 0 Å². The van der Waals surface area contributed by atoms with Gasteiger partial charge >= 0.3 is 0 Å². The molecule has 0 radical (unpaired) electrons. The van der Waals surface area contributed by atoms with Gasteiger partial charge < -0.3 is 19.4 Å². The zero-order valence-corrected chi connectivity index (χ0v) is 17.0. The van der Waals surface area contributed by atoms with E-state index in [4.69, 9.17) is 14.5 Å². The van der Waals surface area contributed by atoms with Gasteiger partial charge in [0.15, 0.2) is 11.5 Å². The van der Waals surface area contributed by atoms with Crippen LogP contribution in [0.25, 0.3) is 11.0 Å². The third-order valence-corrected chi connectivity index (χ3v) is 5.03. The number of nitrogens with one attached hydrogen (secondary N) is 1. The highest BCUT2D eigenvalue weighted by Gasteiger charge is 2.14. The van der Waals surface area contributed by atoms with Gasteiger partial charge in [-0.3, -0.25) is 4.79 Å². The van der Waals surface area contributed by atoms with Crippen LogP contribution in [0, 0.1) is 0 Å². The highest BCUT2D eigenvalue weighted by Crippen LogP contribution is 2.30. The Kier molecular flexibility index (Phi) is 5.69. The van der Waals surface area contributed by atoms with E-state index in [-0.39, 0.29) is 5.91 Å². The second-order valence-corrected chi connectivity index (χ2v) is 7.59. The summed E-state index contributed by atoms with van der Waals surface area (Å²) in [5.74, 6) is 2.46. The molecular weight excluding hydrogens is 366 g/mol. The molecule has 1 aliphatic rings. The van der Waals surface area contributed by atoms with Crippen molar-refractivity contribution in [2.24, 2.45) is 0 Å². The molecule has 0 saturated heterocycles. The number of carbonyl (C=O) groups is 1. The van der Waals surface area contributed by atoms with Gasteiger partial charge in [-0.1, -0.05) is 18.2 Å². The monoisotopic (exact) mass is 393 g/mol. The molecule has 6 nitrogen and oxygen atoms in total. The van der Waals surface area contributed by atoms with Crippen molar-refractivity contribution in [2.45, 2.75) is 39.2 Å². The minimum Gasteiger partial charge on any atom is -0.490 e. The van der Waals surface area contributed by atoms with Crippen LogP contribution >= 0.6 is 0 Å². The maximum absolute atomic E-state index is 12.4. The average Bonchev–Trinajstić information content (AvgIpc) is 2.91. The van der Waals surface area contributed by atoms with Crippen LogP contribution in [0.15, 0.2) is 42.5 Å². The number of rotatable bonds is 6. The average molecular weight is 393 g/mol. The first kappa shape index (κ1) is 19.3. The van der Waals surface area contributed by atoms with E-state index in [1.165, 1.54) is 0 Å². The Hall–Kier alpha value is -3.02. The lowest BCUT2D eigenvalue weighted by Gasteiger charge is -2.13. The highest BCUT2D eigenvalue weighted by atomic mass is 16.5. The second kappa shape index (κ2) is 8.55. The highest BCUT2D eigenvalue weighted by molar-refractivity contribution is 5.79. The first-order chi connectivity index (χ1) is 14.1.